The summed E-state index contributed by atoms with van der Waals surface area (Å²) in [7, 11) is 0. The van der Waals surface area contributed by atoms with Gasteiger partial charge < -0.3 is 0 Å². The second kappa shape index (κ2) is 5.26. The lowest BCUT2D eigenvalue weighted by Crippen LogP contribution is -2.31. The number of hydrogen-bond donors (Lipinski definition) is 0. The third-order valence-electron chi connectivity index (χ3n) is 3.46. The number of halogens is 3. The Bertz CT molecular complexity index is 504. The van der Waals surface area contributed by atoms with Crippen LogP contribution < -0.4 is 0 Å². The van der Waals surface area contributed by atoms with Crippen molar-refractivity contribution < 1.29 is 22.8 Å². The van der Waals surface area contributed by atoms with Crippen molar-refractivity contribution in [1.82, 2.24) is 4.90 Å². The summed E-state index contributed by atoms with van der Waals surface area (Å²) in [5, 5.41) is 0. The van der Waals surface area contributed by atoms with E-state index in [2.05, 4.69) is 0 Å². The van der Waals surface area contributed by atoms with Crippen LogP contribution in [0.25, 0.3) is 0 Å². The first kappa shape index (κ1) is 14.6. The molecule has 0 saturated carbocycles. The van der Waals surface area contributed by atoms with Gasteiger partial charge in [-0.1, -0.05) is 19.1 Å². The lowest BCUT2D eigenvalue weighted by atomic mass is 10.1. The number of fused-ring (bicyclic) bond motifs is 1. The van der Waals surface area contributed by atoms with Crippen molar-refractivity contribution >= 4 is 11.8 Å². The Balaban J connectivity index is 1.96. The molecule has 0 radical (unpaired) electrons. The van der Waals surface area contributed by atoms with Crippen molar-refractivity contribution in [3.8, 4) is 0 Å². The number of carbonyl (C=O) groups excluding carboxylic acids is 2. The number of hydrogen-bond acceptors (Lipinski definition) is 2. The van der Waals surface area contributed by atoms with Crippen molar-refractivity contribution in [3.63, 3.8) is 0 Å². The van der Waals surface area contributed by atoms with Gasteiger partial charge in [-0.25, -0.2) is 0 Å². The molecule has 6 heteroatoms. The molecule has 0 aromatic heterocycles. The maximum Gasteiger partial charge on any atom is 0.391 e. The minimum Gasteiger partial charge on any atom is -0.274 e. The van der Waals surface area contributed by atoms with E-state index >= 15 is 0 Å². The second-order valence-corrected chi connectivity index (χ2v) is 4.89. The normalized spacial score (nSPS) is 16.5. The monoisotopic (exact) mass is 285 g/mol. The lowest BCUT2D eigenvalue weighted by Gasteiger charge is -2.18. The summed E-state index contributed by atoms with van der Waals surface area (Å²) in [6.07, 6.45) is -4.19. The molecule has 1 aliphatic rings. The topological polar surface area (TPSA) is 37.4 Å². The number of imide groups is 1. The SMILES string of the molecule is CC(CCCN1C(=O)c2ccccc2C1=O)C(F)(F)F. The predicted molar refractivity (Wildman–Crippen MR) is 66.3 cm³/mol. The third-order valence-corrected chi connectivity index (χ3v) is 3.46. The average Bonchev–Trinajstić information content (AvgIpc) is 2.63. The number of alkyl halides is 3. The highest BCUT2D eigenvalue weighted by Gasteiger charge is 2.37. The van der Waals surface area contributed by atoms with E-state index in [4.69, 9.17) is 0 Å². The molecule has 1 heterocycles. The summed E-state index contributed by atoms with van der Waals surface area (Å²) in [5.41, 5.74) is 0.641. The minimum atomic E-state index is -4.23. The highest BCUT2D eigenvalue weighted by Crippen LogP contribution is 2.30. The Kier molecular flexibility index (Phi) is 3.83. The van der Waals surface area contributed by atoms with Crippen LogP contribution in [-0.4, -0.2) is 29.4 Å². The molecular weight excluding hydrogens is 271 g/mol. The summed E-state index contributed by atoms with van der Waals surface area (Å²) in [5.74, 6) is -2.28. The van der Waals surface area contributed by atoms with Gasteiger partial charge in [0.15, 0.2) is 0 Å². The van der Waals surface area contributed by atoms with Crippen LogP contribution in [0.3, 0.4) is 0 Å². The molecule has 1 unspecified atom stereocenters. The highest BCUT2D eigenvalue weighted by atomic mass is 19.4. The molecule has 1 aliphatic heterocycles. The van der Waals surface area contributed by atoms with E-state index in [-0.39, 0.29) is 19.4 Å². The minimum absolute atomic E-state index is 0.0206. The molecule has 2 amide bonds. The van der Waals surface area contributed by atoms with Gasteiger partial charge >= 0.3 is 6.18 Å². The summed E-state index contributed by atoms with van der Waals surface area (Å²) >= 11 is 0. The first-order valence-electron chi connectivity index (χ1n) is 6.34. The van der Waals surface area contributed by atoms with Crippen LogP contribution in [0.1, 0.15) is 40.5 Å². The molecule has 2 rings (SSSR count). The molecule has 1 atom stereocenters. The van der Waals surface area contributed by atoms with Crippen molar-refractivity contribution in [2.24, 2.45) is 5.92 Å². The van der Waals surface area contributed by atoms with Gasteiger partial charge in [0.1, 0.15) is 0 Å². The van der Waals surface area contributed by atoms with E-state index in [0.29, 0.717) is 11.1 Å². The van der Waals surface area contributed by atoms with Crippen molar-refractivity contribution in [3.05, 3.63) is 35.4 Å². The Morgan fingerprint density at radius 1 is 1.10 bits per heavy atom. The van der Waals surface area contributed by atoms with Gasteiger partial charge in [0, 0.05) is 6.54 Å². The standard InChI is InChI=1S/C14H14F3NO2/c1-9(14(15,16)17)5-4-8-18-12(19)10-6-2-3-7-11(10)13(18)20/h2-3,6-7,9H,4-5,8H2,1H3. The Morgan fingerprint density at radius 3 is 2.05 bits per heavy atom. The van der Waals surface area contributed by atoms with E-state index in [1.54, 1.807) is 24.3 Å². The van der Waals surface area contributed by atoms with Crippen molar-refractivity contribution in [2.45, 2.75) is 25.9 Å². The van der Waals surface area contributed by atoms with Crippen LogP contribution in [0.2, 0.25) is 0 Å². The number of nitrogens with zero attached hydrogens (tertiary/aromatic N) is 1. The molecule has 0 N–H and O–H groups in total. The molecule has 0 fully saturated rings. The highest BCUT2D eigenvalue weighted by molar-refractivity contribution is 6.21. The van der Waals surface area contributed by atoms with Gasteiger partial charge in [0.2, 0.25) is 0 Å². The summed E-state index contributed by atoms with van der Waals surface area (Å²) in [6.45, 7) is 1.12. The molecular formula is C14H14F3NO2. The molecule has 20 heavy (non-hydrogen) atoms. The van der Waals surface area contributed by atoms with E-state index in [1.165, 1.54) is 0 Å². The molecule has 3 nitrogen and oxygen atoms in total. The zero-order valence-electron chi connectivity index (χ0n) is 10.9. The van der Waals surface area contributed by atoms with Crippen molar-refractivity contribution in [2.75, 3.05) is 6.54 Å². The van der Waals surface area contributed by atoms with E-state index < -0.39 is 23.9 Å². The van der Waals surface area contributed by atoms with Crippen LogP contribution in [0.4, 0.5) is 13.2 Å². The predicted octanol–water partition coefficient (Wildman–Crippen LogP) is 3.26. The molecule has 108 valence electrons. The lowest BCUT2D eigenvalue weighted by molar-refractivity contribution is -0.171. The zero-order chi connectivity index (χ0) is 14.9. The van der Waals surface area contributed by atoms with Gasteiger partial charge in [-0.15, -0.1) is 0 Å². The van der Waals surface area contributed by atoms with Crippen LogP contribution >= 0.6 is 0 Å². The maximum atomic E-state index is 12.4. The quantitative estimate of drug-likeness (QED) is 0.796. The summed E-state index contributed by atoms with van der Waals surface area (Å²) in [6, 6.07) is 6.40. The molecule has 0 bridgehead atoms. The van der Waals surface area contributed by atoms with Crippen LogP contribution in [0, 0.1) is 5.92 Å². The number of amides is 2. The summed E-state index contributed by atoms with van der Waals surface area (Å²) in [4.78, 5) is 24.9. The number of benzene rings is 1. The Labute approximate surface area is 114 Å². The van der Waals surface area contributed by atoms with Crippen molar-refractivity contribution in [1.29, 1.82) is 0 Å². The largest absolute Gasteiger partial charge is 0.391 e. The molecule has 1 aromatic rings. The molecule has 0 spiro atoms. The Morgan fingerprint density at radius 2 is 1.60 bits per heavy atom. The van der Waals surface area contributed by atoms with Gasteiger partial charge in [0.05, 0.1) is 17.0 Å². The fraction of sp³-hybridized carbons (Fsp3) is 0.429. The third kappa shape index (κ3) is 2.69. The number of rotatable bonds is 4. The molecule has 0 saturated heterocycles. The van der Waals surface area contributed by atoms with Gasteiger partial charge in [-0.05, 0) is 25.0 Å². The van der Waals surface area contributed by atoms with E-state index in [0.717, 1.165) is 11.8 Å². The molecule has 0 aliphatic carbocycles. The van der Waals surface area contributed by atoms with Gasteiger partial charge in [-0.3, -0.25) is 14.5 Å². The zero-order valence-corrected chi connectivity index (χ0v) is 10.9. The fourth-order valence-electron chi connectivity index (χ4n) is 2.16. The van der Waals surface area contributed by atoms with E-state index in [9.17, 15) is 22.8 Å². The first-order chi connectivity index (χ1) is 9.32. The average molecular weight is 285 g/mol. The van der Waals surface area contributed by atoms with Crippen LogP contribution in [0.5, 0.6) is 0 Å². The summed E-state index contributed by atoms with van der Waals surface area (Å²) < 4.78 is 37.1. The van der Waals surface area contributed by atoms with E-state index in [1.807, 2.05) is 0 Å². The van der Waals surface area contributed by atoms with Gasteiger partial charge in [-0.2, -0.15) is 13.2 Å². The van der Waals surface area contributed by atoms with Gasteiger partial charge in [0.25, 0.3) is 11.8 Å². The second-order valence-electron chi connectivity index (χ2n) is 4.89. The molecule has 1 aromatic carbocycles. The Hall–Kier alpha value is -1.85. The van der Waals surface area contributed by atoms with Crippen LogP contribution in [-0.2, 0) is 0 Å². The maximum absolute atomic E-state index is 12.4. The number of carbonyl (C=O) groups is 2. The smallest absolute Gasteiger partial charge is 0.274 e. The van der Waals surface area contributed by atoms with Crippen LogP contribution in [0.15, 0.2) is 24.3 Å². The first-order valence-corrected chi connectivity index (χ1v) is 6.34. The fourth-order valence-corrected chi connectivity index (χ4v) is 2.16.